The summed E-state index contributed by atoms with van der Waals surface area (Å²) < 4.78 is 4.82. The lowest BCUT2D eigenvalue weighted by atomic mass is 10.2. The average Bonchev–Trinajstić information content (AvgIpc) is 1.82. The molecule has 0 aromatic rings. The van der Waals surface area contributed by atoms with Crippen molar-refractivity contribution in [1.82, 2.24) is 0 Å². The standard InChI is InChI=1S/C8H16O3/c1-6(2)5-11-8(10)4-7(3)9/h6-7,9H,4-5H2,1-3H3/t7-/m0/s1. The number of hydrogen-bond acceptors (Lipinski definition) is 3. The van der Waals surface area contributed by atoms with Gasteiger partial charge in [-0.05, 0) is 12.8 Å². The fraction of sp³-hybridized carbons (Fsp3) is 0.875. The number of hydrogen-bond donors (Lipinski definition) is 1. The highest BCUT2D eigenvalue weighted by Gasteiger charge is 2.07. The molecule has 0 aliphatic carbocycles. The summed E-state index contributed by atoms with van der Waals surface area (Å²) in [5, 5.41) is 8.79. The average molecular weight is 160 g/mol. The predicted molar refractivity (Wildman–Crippen MR) is 42.1 cm³/mol. The Morgan fingerprint density at radius 3 is 2.36 bits per heavy atom. The van der Waals surface area contributed by atoms with Gasteiger partial charge < -0.3 is 9.84 Å². The number of carbonyl (C=O) groups is 1. The zero-order chi connectivity index (χ0) is 8.85. The molecule has 0 bridgehead atoms. The quantitative estimate of drug-likeness (QED) is 0.623. The first-order valence-corrected chi connectivity index (χ1v) is 3.86. The van der Waals surface area contributed by atoms with E-state index < -0.39 is 6.10 Å². The molecular formula is C8H16O3. The highest BCUT2D eigenvalue weighted by molar-refractivity contribution is 5.69. The van der Waals surface area contributed by atoms with Gasteiger partial charge in [-0.1, -0.05) is 13.8 Å². The van der Waals surface area contributed by atoms with Crippen LogP contribution in [0.15, 0.2) is 0 Å². The van der Waals surface area contributed by atoms with Crippen LogP contribution >= 0.6 is 0 Å². The largest absolute Gasteiger partial charge is 0.465 e. The molecule has 1 N–H and O–H groups in total. The Bertz CT molecular complexity index is 119. The molecule has 0 unspecified atom stereocenters. The minimum Gasteiger partial charge on any atom is -0.465 e. The summed E-state index contributed by atoms with van der Waals surface area (Å²) in [5.41, 5.74) is 0. The summed E-state index contributed by atoms with van der Waals surface area (Å²) in [4.78, 5) is 10.8. The summed E-state index contributed by atoms with van der Waals surface area (Å²) in [5.74, 6) is 0.0293. The Hall–Kier alpha value is -0.570. The minimum absolute atomic E-state index is 0.0900. The van der Waals surface area contributed by atoms with Crippen LogP contribution in [0.2, 0.25) is 0 Å². The van der Waals surface area contributed by atoms with E-state index in [1.54, 1.807) is 6.92 Å². The lowest BCUT2D eigenvalue weighted by Crippen LogP contribution is -2.15. The molecule has 0 fully saturated rings. The minimum atomic E-state index is -0.602. The SMILES string of the molecule is CC(C)COC(=O)C[C@H](C)O. The zero-order valence-corrected chi connectivity index (χ0v) is 7.33. The van der Waals surface area contributed by atoms with Gasteiger partial charge in [0.1, 0.15) is 0 Å². The molecule has 0 amide bonds. The molecule has 0 aliphatic heterocycles. The maximum absolute atomic E-state index is 10.8. The molecule has 11 heavy (non-hydrogen) atoms. The molecule has 3 nitrogen and oxygen atoms in total. The van der Waals surface area contributed by atoms with Gasteiger partial charge in [0, 0.05) is 0 Å². The third-order valence-electron chi connectivity index (χ3n) is 1.04. The van der Waals surface area contributed by atoms with Crippen molar-refractivity contribution >= 4 is 5.97 Å². The van der Waals surface area contributed by atoms with Gasteiger partial charge in [0.15, 0.2) is 0 Å². The number of aliphatic hydroxyl groups is 1. The molecule has 0 spiro atoms. The van der Waals surface area contributed by atoms with Crippen LogP contribution in [0.4, 0.5) is 0 Å². The molecule has 1 atom stereocenters. The molecule has 0 saturated heterocycles. The van der Waals surface area contributed by atoms with Crippen molar-refractivity contribution in [2.45, 2.75) is 33.3 Å². The predicted octanol–water partition coefficient (Wildman–Crippen LogP) is 0.956. The zero-order valence-electron chi connectivity index (χ0n) is 7.33. The third-order valence-corrected chi connectivity index (χ3v) is 1.04. The van der Waals surface area contributed by atoms with Crippen molar-refractivity contribution in [2.75, 3.05) is 6.61 Å². The fourth-order valence-electron chi connectivity index (χ4n) is 0.560. The van der Waals surface area contributed by atoms with Crippen molar-refractivity contribution in [2.24, 2.45) is 5.92 Å². The lowest BCUT2D eigenvalue weighted by molar-refractivity contribution is -0.146. The molecule has 0 heterocycles. The van der Waals surface area contributed by atoms with Gasteiger partial charge in [-0.2, -0.15) is 0 Å². The molecule has 0 aliphatic rings. The van der Waals surface area contributed by atoms with Gasteiger partial charge in [-0.15, -0.1) is 0 Å². The molecule has 66 valence electrons. The van der Waals surface area contributed by atoms with E-state index in [9.17, 15) is 4.79 Å². The first kappa shape index (κ1) is 10.4. The Labute approximate surface area is 67.4 Å². The molecule has 0 radical (unpaired) electrons. The van der Waals surface area contributed by atoms with Crippen LogP contribution in [0, 0.1) is 5.92 Å². The van der Waals surface area contributed by atoms with E-state index >= 15 is 0 Å². The van der Waals surface area contributed by atoms with Gasteiger partial charge in [0.05, 0.1) is 19.1 Å². The normalized spacial score (nSPS) is 13.2. The lowest BCUT2D eigenvalue weighted by Gasteiger charge is -2.07. The monoisotopic (exact) mass is 160 g/mol. The second kappa shape index (κ2) is 5.13. The Balaban J connectivity index is 3.38. The second-order valence-electron chi connectivity index (χ2n) is 3.13. The molecule has 0 aromatic carbocycles. The van der Waals surface area contributed by atoms with E-state index in [1.165, 1.54) is 0 Å². The number of carbonyl (C=O) groups excluding carboxylic acids is 1. The molecule has 0 rings (SSSR count). The van der Waals surface area contributed by atoms with Gasteiger partial charge in [0.25, 0.3) is 0 Å². The van der Waals surface area contributed by atoms with Crippen LogP contribution in [0.3, 0.4) is 0 Å². The van der Waals surface area contributed by atoms with Gasteiger partial charge in [-0.3, -0.25) is 4.79 Å². The van der Waals surface area contributed by atoms with Gasteiger partial charge in [0.2, 0.25) is 0 Å². The Kier molecular flexibility index (Phi) is 4.86. The maximum atomic E-state index is 10.8. The highest BCUT2D eigenvalue weighted by Crippen LogP contribution is 1.97. The molecule has 3 heteroatoms. The van der Waals surface area contributed by atoms with Crippen LogP contribution in [0.25, 0.3) is 0 Å². The van der Waals surface area contributed by atoms with E-state index in [0.29, 0.717) is 12.5 Å². The fourth-order valence-corrected chi connectivity index (χ4v) is 0.560. The van der Waals surface area contributed by atoms with E-state index in [2.05, 4.69) is 0 Å². The number of rotatable bonds is 4. The highest BCUT2D eigenvalue weighted by atomic mass is 16.5. The van der Waals surface area contributed by atoms with Crippen molar-refractivity contribution < 1.29 is 14.6 Å². The first-order chi connectivity index (χ1) is 5.02. The Morgan fingerprint density at radius 1 is 1.45 bits per heavy atom. The summed E-state index contributed by atoms with van der Waals surface area (Å²) in [6.45, 7) is 5.94. The van der Waals surface area contributed by atoms with Crippen LogP contribution in [-0.2, 0) is 9.53 Å². The third kappa shape index (κ3) is 7.33. The van der Waals surface area contributed by atoms with E-state index in [-0.39, 0.29) is 12.4 Å². The summed E-state index contributed by atoms with van der Waals surface area (Å²) in [6.07, 6.45) is -0.512. The molecule has 0 saturated carbocycles. The summed E-state index contributed by atoms with van der Waals surface area (Å²) in [6, 6.07) is 0. The number of esters is 1. The first-order valence-electron chi connectivity index (χ1n) is 3.86. The Morgan fingerprint density at radius 2 is 2.00 bits per heavy atom. The van der Waals surface area contributed by atoms with Crippen LogP contribution < -0.4 is 0 Å². The van der Waals surface area contributed by atoms with Crippen molar-refractivity contribution in [1.29, 1.82) is 0 Å². The van der Waals surface area contributed by atoms with Gasteiger partial charge >= 0.3 is 5.97 Å². The van der Waals surface area contributed by atoms with Crippen molar-refractivity contribution in [3.63, 3.8) is 0 Å². The molecule has 0 aromatic heterocycles. The van der Waals surface area contributed by atoms with E-state index in [0.717, 1.165) is 0 Å². The van der Waals surface area contributed by atoms with Crippen LogP contribution in [-0.4, -0.2) is 23.8 Å². The van der Waals surface area contributed by atoms with Crippen LogP contribution in [0.5, 0.6) is 0 Å². The summed E-state index contributed by atoms with van der Waals surface area (Å²) in [7, 11) is 0. The summed E-state index contributed by atoms with van der Waals surface area (Å²) >= 11 is 0. The van der Waals surface area contributed by atoms with E-state index in [4.69, 9.17) is 9.84 Å². The van der Waals surface area contributed by atoms with Crippen molar-refractivity contribution in [3.05, 3.63) is 0 Å². The number of aliphatic hydroxyl groups excluding tert-OH is 1. The number of ether oxygens (including phenoxy) is 1. The van der Waals surface area contributed by atoms with Crippen molar-refractivity contribution in [3.8, 4) is 0 Å². The molecular weight excluding hydrogens is 144 g/mol. The maximum Gasteiger partial charge on any atom is 0.308 e. The van der Waals surface area contributed by atoms with Gasteiger partial charge in [-0.25, -0.2) is 0 Å². The second-order valence-corrected chi connectivity index (χ2v) is 3.13. The van der Waals surface area contributed by atoms with E-state index in [1.807, 2.05) is 13.8 Å². The smallest absolute Gasteiger partial charge is 0.308 e. The van der Waals surface area contributed by atoms with Crippen LogP contribution in [0.1, 0.15) is 27.2 Å². The topological polar surface area (TPSA) is 46.5 Å².